The van der Waals surface area contributed by atoms with E-state index >= 15 is 0 Å². The van der Waals surface area contributed by atoms with Gasteiger partial charge in [0, 0.05) is 12.2 Å². The highest BCUT2D eigenvalue weighted by molar-refractivity contribution is 8.00. The third-order valence-corrected chi connectivity index (χ3v) is 6.01. The number of hydrogen-bond donors (Lipinski definition) is 1. The molecule has 7 nitrogen and oxygen atoms in total. The molecule has 1 N–H and O–H groups in total. The minimum absolute atomic E-state index is 0.0532. The van der Waals surface area contributed by atoms with Crippen molar-refractivity contribution >= 4 is 35.0 Å². The van der Waals surface area contributed by atoms with E-state index in [4.69, 9.17) is 21.1 Å². The first kappa shape index (κ1) is 23.9. The lowest BCUT2D eigenvalue weighted by Gasteiger charge is -2.18. The summed E-state index contributed by atoms with van der Waals surface area (Å²) in [7, 11) is 1.59. The molecule has 2 aromatic carbocycles. The van der Waals surface area contributed by atoms with Crippen molar-refractivity contribution < 1.29 is 18.7 Å². The van der Waals surface area contributed by atoms with E-state index in [-0.39, 0.29) is 10.9 Å². The van der Waals surface area contributed by atoms with Gasteiger partial charge in [-0.15, -0.1) is 10.2 Å². The molecule has 0 fully saturated rings. The van der Waals surface area contributed by atoms with Crippen molar-refractivity contribution in [2.75, 3.05) is 12.4 Å². The highest BCUT2D eigenvalue weighted by atomic mass is 35.5. The molecular formula is C22H24ClFN4O3S. The van der Waals surface area contributed by atoms with E-state index in [1.165, 1.54) is 30.0 Å². The number of hydrogen-bond acceptors (Lipinski definition) is 6. The molecule has 0 aliphatic rings. The van der Waals surface area contributed by atoms with Crippen molar-refractivity contribution in [3.63, 3.8) is 0 Å². The quantitative estimate of drug-likeness (QED) is 0.417. The number of thioether (sulfide) groups is 1. The Morgan fingerprint density at radius 2 is 1.94 bits per heavy atom. The van der Waals surface area contributed by atoms with Gasteiger partial charge in [-0.2, -0.15) is 0 Å². The Balaban J connectivity index is 1.70. The average Bonchev–Trinajstić information content (AvgIpc) is 3.19. The molecule has 3 rings (SSSR count). The number of nitrogens with one attached hydrogen (secondary N) is 1. The number of anilines is 1. The first-order valence-electron chi connectivity index (χ1n) is 9.99. The van der Waals surface area contributed by atoms with E-state index in [2.05, 4.69) is 15.5 Å². The Labute approximate surface area is 195 Å². The SMILES string of the molecule is CCn1c(SC(C)C(=O)Nc2ccc(F)c(Cl)c2)nnc1C(C)Oc1ccccc1OC. The van der Waals surface area contributed by atoms with Crippen molar-refractivity contribution in [2.24, 2.45) is 0 Å². The van der Waals surface area contributed by atoms with Crippen LogP contribution in [0.3, 0.4) is 0 Å². The third-order valence-electron chi connectivity index (χ3n) is 4.64. The molecule has 0 saturated heterocycles. The fourth-order valence-corrected chi connectivity index (χ4v) is 4.07. The summed E-state index contributed by atoms with van der Waals surface area (Å²) in [6, 6.07) is 11.4. The predicted octanol–water partition coefficient (Wildman–Crippen LogP) is 5.36. The largest absolute Gasteiger partial charge is 0.493 e. The van der Waals surface area contributed by atoms with Crippen LogP contribution in [-0.2, 0) is 11.3 Å². The average molecular weight is 479 g/mol. The maximum absolute atomic E-state index is 13.3. The van der Waals surface area contributed by atoms with Crippen LogP contribution in [0.2, 0.25) is 5.02 Å². The number of methoxy groups -OCH3 is 1. The Kier molecular flexibility index (Phi) is 7.98. The molecule has 0 aliphatic carbocycles. The number of carbonyl (C=O) groups is 1. The molecule has 0 radical (unpaired) electrons. The lowest BCUT2D eigenvalue weighted by atomic mass is 10.3. The number of ether oxygens (including phenoxy) is 2. The summed E-state index contributed by atoms with van der Waals surface area (Å²) in [6.07, 6.45) is -0.390. The van der Waals surface area contributed by atoms with Crippen LogP contribution in [0.4, 0.5) is 10.1 Å². The summed E-state index contributed by atoms with van der Waals surface area (Å²) < 4.78 is 26.6. The fraction of sp³-hybridized carbons (Fsp3) is 0.318. The molecule has 2 unspecified atom stereocenters. The van der Waals surface area contributed by atoms with E-state index in [0.29, 0.717) is 34.7 Å². The molecule has 0 aliphatic heterocycles. The summed E-state index contributed by atoms with van der Waals surface area (Å²) in [6.45, 7) is 6.21. The summed E-state index contributed by atoms with van der Waals surface area (Å²) >= 11 is 7.05. The van der Waals surface area contributed by atoms with Gasteiger partial charge in [-0.1, -0.05) is 35.5 Å². The molecule has 0 bridgehead atoms. The second-order valence-electron chi connectivity index (χ2n) is 6.87. The third kappa shape index (κ3) is 5.52. The van der Waals surface area contributed by atoms with E-state index in [1.54, 1.807) is 14.0 Å². The predicted molar refractivity (Wildman–Crippen MR) is 123 cm³/mol. The van der Waals surface area contributed by atoms with Gasteiger partial charge >= 0.3 is 0 Å². The zero-order chi connectivity index (χ0) is 23.3. The van der Waals surface area contributed by atoms with Gasteiger partial charge in [0.25, 0.3) is 0 Å². The van der Waals surface area contributed by atoms with Crippen LogP contribution in [-0.4, -0.2) is 33.0 Å². The number of carbonyl (C=O) groups excluding carboxylic acids is 1. The minimum Gasteiger partial charge on any atom is -0.493 e. The van der Waals surface area contributed by atoms with Gasteiger partial charge in [-0.05, 0) is 51.1 Å². The Hall–Kier alpha value is -2.78. The highest BCUT2D eigenvalue weighted by Gasteiger charge is 2.23. The van der Waals surface area contributed by atoms with Gasteiger partial charge in [-0.3, -0.25) is 4.79 Å². The van der Waals surface area contributed by atoms with Gasteiger partial charge < -0.3 is 19.4 Å². The zero-order valence-electron chi connectivity index (χ0n) is 18.1. The minimum atomic E-state index is -0.542. The zero-order valence-corrected chi connectivity index (χ0v) is 19.7. The van der Waals surface area contributed by atoms with Crippen LogP contribution in [0, 0.1) is 5.82 Å². The fourth-order valence-electron chi connectivity index (χ4n) is 2.97. The van der Waals surface area contributed by atoms with Crippen molar-refractivity contribution in [3.8, 4) is 11.5 Å². The highest BCUT2D eigenvalue weighted by Crippen LogP contribution is 2.32. The number of benzene rings is 2. The van der Waals surface area contributed by atoms with Crippen molar-refractivity contribution in [3.05, 3.63) is 59.1 Å². The van der Waals surface area contributed by atoms with Crippen LogP contribution < -0.4 is 14.8 Å². The summed E-state index contributed by atoms with van der Waals surface area (Å²) in [5, 5.41) is 11.4. The van der Waals surface area contributed by atoms with Gasteiger partial charge in [-0.25, -0.2) is 4.39 Å². The molecule has 0 spiro atoms. The Morgan fingerprint density at radius 1 is 1.22 bits per heavy atom. The number of aromatic nitrogens is 3. The first-order valence-corrected chi connectivity index (χ1v) is 11.2. The maximum Gasteiger partial charge on any atom is 0.237 e. The lowest BCUT2D eigenvalue weighted by molar-refractivity contribution is -0.115. The van der Waals surface area contributed by atoms with Gasteiger partial charge in [0.05, 0.1) is 17.4 Å². The smallest absolute Gasteiger partial charge is 0.237 e. The van der Waals surface area contributed by atoms with Gasteiger partial charge in [0.15, 0.2) is 28.6 Å². The van der Waals surface area contributed by atoms with Gasteiger partial charge in [0.1, 0.15) is 5.82 Å². The van der Waals surface area contributed by atoms with E-state index in [9.17, 15) is 9.18 Å². The van der Waals surface area contributed by atoms with Crippen LogP contribution in [0.25, 0.3) is 0 Å². The lowest BCUT2D eigenvalue weighted by Crippen LogP contribution is -2.23. The monoisotopic (exact) mass is 478 g/mol. The van der Waals surface area contributed by atoms with Crippen LogP contribution in [0.5, 0.6) is 11.5 Å². The number of para-hydroxylation sites is 2. The standard InChI is InChI=1S/C22H24ClFN4O3S/c1-5-28-20(13(2)31-19-9-7-6-8-18(19)30-4)26-27-22(28)32-14(3)21(29)25-15-10-11-17(24)16(23)12-15/h6-14H,5H2,1-4H3,(H,25,29). The first-order chi connectivity index (χ1) is 15.3. The molecule has 1 heterocycles. The molecule has 170 valence electrons. The number of nitrogens with zero attached hydrogens (tertiary/aromatic N) is 3. The Morgan fingerprint density at radius 3 is 2.59 bits per heavy atom. The van der Waals surface area contributed by atoms with Crippen molar-refractivity contribution in [1.82, 2.24) is 14.8 Å². The maximum atomic E-state index is 13.3. The summed E-state index contributed by atoms with van der Waals surface area (Å²) in [4.78, 5) is 12.6. The molecule has 0 saturated carbocycles. The summed E-state index contributed by atoms with van der Waals surface area (Å²) in [5.74, 6) is 1.07. The molecule has 10 heteroatoms. The number of amides is 1. The van der Waals surface area contributed by atoms with Crippen LogP contribution in [0.15, 0.2) is 47.6 Å². The van der Waals surface area contributed by atoms with E-state index < -0.39 is 17.2 Å². The number of halogens is 2. The molecule has 1 amide bonds. The van der Waals surface area contributed by atoms with E-state index in [0.717, 1.165) is 0 Å². The number of rotatable bonds is 9. The van der Waals surface area contributed by atoms with Gasteiger partial charge in [0.2, 0.25) is 5.91 Å². The van der Waals surface area contributed by atoms with Crippen LogP contribution in [0.1, 0.15) is 32.7 Å². The molecular weight excluding hydrogens is 455 g/mol. The second kappa shape index (κ2) is 10.7. The molecule has 2 atom stereocenters. The Bertz CT molecular complexity index is 1090. The molecule has 32 heavy (non-hydrogen) atoms. The molecule has 3 aromatic rings. The van der Waals surface area contributed by atoms with Crippen molar-refractivity contribution in [1.29, 1.82) is 0 Å². The van der Waals surface area contributed by atoms with Crippen LogP contribution >= 0.6 is 23.4 Å². The van der Waals surface area contributed by atoms with E-state index in [1.807, 2.05) is 42.7 Å². The second-order valence-corrected chi connectivity index (χ2v) is 8.59. The molecule has 1 aromatic heterocycles. The van der Waals surface area contributed by atoms with Crippen molar-refractivity contribution in [2.45, 2.75) is 43.8 Å². The normalized spacial score (nSPS) is 12.8. The summed E-state index contributed by atoms with van der Waals surface area (Å²) in [5.41, 5.74) is 0.422. The topological polar surface area (TPSA) is 78.3 Å².